The first-order chi connectivity index (χ1) is 14.0. The smallest absolute Gasteiger partial charge is 0.273 e. The maximum Gasteiger partial charge on any atom is 0.273 e. The molecule has 8 heteroatoms. The molecule has 3 rings (SSSR count). The van der Waals surface area contributed by atoms with Crippen LogP contribution in [0.5, 0.6) is 11.5 Å². The van der Waals surface area contributed by atoms with Gasteiger partial charge in [0, 0.05) is 24.7 Å². The zero-order valence-corrected chi connectivity index (χ0v) is 17.6. The molecule has 2 N–H and O–H groups in total. The molecule has 29 heavy (non-hydrogen) atoms. The number of ether oxygens (including phenoxy) is 2. The predicted molar refractivity (Wildman–Crippen MR) is 110 cm³/mol. The molecule has 1 amide bonds. The minimum absolute atomic E-state index is 0.0821. The molecule has 1 aliphatic carbocycles. The van der Waals surface area contributed by atoms with Gasteiger partial charge in [0.2, 0.25) is 0 Å². The maximum absolute atomic E-state index is 12.1. The fourth-order valence-corrected chi connectivity index (χ4v) is 3.67. The molecule has 1 aromatic heterocycles. The van der Waals surface area contributed by atoms with E-state index in [1.165, 1.54) is 0 Å². The summed E-state index contributed by atoms with van der Waals surface area (Å²) in [5, 5.41) is 14.7. The van der Waals surface area contributed by atoms with Gasteiger partial charge in [0.05, 0.1) is 26.5 Å². The van der Waals surface area contributed by atoms with Crippen molar-refractivity contribution in [2.75, 3.05) is 14.2 Å². The molecule has 8 nitrogen and oxygen atoms in total. The number of rotatable bonds is 8. The Kier molecular flexibility index (Phi) is 7.09. The van der Waals surface area contributed by atoms with Crippen molar-refractivity contribution in [3.05, 3.63) is 35.7 Å². The molecule has 158 valence electrons. The second kappa shape index (κ2) is 9.73. The van der Waals surface area contributed by atoms with Crippen molar-refractivity contribution < 1.29 is 14.3 Å². The maximum atomic E-state index is 12.1. The van der Waals surface area contributed by atoms with Crippen LogP contribution in [0.25, 0.3) is 0 Å². The van der Waals surface area contributed by atoms with Gasteiger partial charge in [-0.3, -0.25) is 4.79 Å². The number of nitrogens with one attached hydrogen (secondary N) is 2. The van der Waals surface area contributed by atoms with Crippen LogP contribution in [0.1, 0.15) is 61.6 Å². The second-order valence-electron chi connectivity index (χ2n) is 7.82. The molecule has 1 saturated carbocycles. The predicted octanol–water partition coefficient (Wildman–Crippen LogP) is 2.71. The van der Waals surface area contributed by atoms with Crippen LogP contribution in [0.15, 0.2) is 24.4 Å². The van der Waals surface area contributed by atoms with E-state index < -0.39 is 0 Å². The summed E-state index contributed by atoms with van der Waals surface area (Å²) in [6.07, 6.45) is 5.89. The highest BCUT2D eigenvalue weighted by molar-refractivity contribution is 5.91. The third kappa shape index (κ3) is 5.69. The van der Waals surface area contributed by atoms with E-state index in [-0.39, 0.29) is 18.0 Å². The van der Waals surface area contributed by atoms with Crippen molar-refractivity contribution in [3.63, 3.8) is 0 Å². The first-order valence-corrected chi connectivity index (χ1v) is 10.2. The van der Waals surface area contributed by atoms with Crippen molar-refractivity contribution in [1.82, 2.24) is 25.6 Å². The first kappa shape index (κ1) is 21.1. The Morgan fingerprint density at radius 2 is 1.79 bits per heavy atom. The van der Waals surface area contributed by atoms with Gasteiger partial charge in [-0.1, -0.05) is 5.21 Å². The highest BCUT2D eigenvalue weighted by Gasteiger charge is 2.24. The fourth-order valence-electron chi connectivity index (χ4n) is 3.67. The number of hydrogen-bond acceptors (Lipinski definition) is 6. The fraction of sp³-hybridized carbons (Fsp3) is 0.571. The molecule has 2 aromatic rings. The molecular formula is C21H31N5O3. The Balaban J connectivity index is 1.50. The second-order valence-corrected chi connectivity index (χ2v) is 7.82. The Labute approximate surface area is 172 Å². The molecular weight excluding hydrogens is 370 g/mol. The normalized spacial score (nSPS) is 19.2. The van der Waals surface area contributed by atoms with Crippen molar-refractivity contribution in [2.45, 2.75) is 64.2 Å². The largest absolute Gasteiger partial charge is 0.497 e. The zero-order valence-electron chi connectivity index (χ0n) is 17.6. The van der Waals surface area contributed by atoms with Crippen LogP contribution >= 0.6 is 0 Å². The van der Waals surface area contributed by atoms with E-state index in [2.05, 4.69) is 20.9 Å². The van der Waals surface area contributed by atoms with Crippen molar-refractivity contribution >= 4 is 5.91 Å². The molecule has 0 bridgehead atoms. The van der Waals surface area contributed by atoms with Gasteiger partial charge in [0.1, 0.15) is 11.5 Å². The van der Waals surface area contributed by atoms with Crippen LogP contribution in [0.4, 0.5) is 0 Å². The van der Waals surface area contributed by atoms with Crippen molar-refractivity contribution in [2.24, 2.45) is 0 Å². The summed E-state index contributed by atoms with van der Waals surface area (Å²) in [4.78, 5) is 12.1. The number of nitrogens with zero attached hydrogens (tertiary/aromatic N) is 3. The van der Waals surface area contributed by atoms with Gasteiger partial charge in [0.25, 0.3) is 5.91 Å². The summed E-state index contributed by atoms with van der Waals surface area (Å²) in [7, 11) is 3.32. The quantitative estimate of drug-likeness (QED) is 0.707. The van der Waals surface area contributed by atoms with Gasteiger partial charge < -0.3 is 20.1 Å². The van der Waals surface area contributed by atoms with Crippen LogP contribution in [0.3, 0.4) is 0 Å². The Hall–Kier alpha value is -2.61. The average Bonchev–Trinajstić information content (AvgIpc) is 3.22. The number of benzene rings is 1. The number of hydrogen-bond donors (Lipinski definition) is 2. The van der Waals surface area contributed by atoms with Crippen LogP contribution in [-0.4, -0.2) is 47.2 Å². The standard InChI is InChI=1S/C21H31N5O3/c1-14(2)23-21(27)20-13-26(25-24-20)17-7-5-16(6-8-17)22-12-15-9-18(28-3)11-19(10-15)29-4/h9-11,13-14,16-17,22H,5-8,12H2,1-4H3,(H,23,27). The number of carbonyl (C=O) groups excluding carboxylic acids is 1. The van der Waals surface area contributed by atoms with Crippen LogP contribution < -0.4 is 20.1 Å². The van der Waals surface area contributed by atoms with Gasteiger partial charge in [-0.15, -0.1) is 5.10 Å². The zero-order chi connectivity index (χ0) is 20.8. The van der Waals surface area contributed by atoms with E-state index in [9.17, 15) is 4.79 Å². The lowest BCUT2D eigenvalue weighted by Crippen LogP contribution is -2.33. The van der Waals surface area contributed by atoms with Gasteiger partial charge in [-0.05, 0) is 57.2 Å². The van der Waals surface area contributed by atoms with E-state index in [0.29, 0.717) is 11.7 Å². The van der Waals surface area contributed by atoms with Gasteiger partial charge in [-0.25, -0.2) is 4.68 Å². The number of aromatic nitrogens is 3. The molecule has 0 unspecified atom stereocenters. The van der Waals surface area contributed by atoms with Crippen molar-refractivity contribution in [1.29, 1.82) is 0 Å². The first-order valence-electron chi connectivity index (χ1n) is 10.2. The van der Waals surface area contributed by atoms with Gasteiger partial charge >= 0.3 is 0 Å². The van der Waals surface area contributed by atoms with E-state index in [1.54, 1.807) is 20.4 Å². The third-order valence-electron chi connectivity index (χ3n) is 5.24. The summed E-state index contributed by atoms with van der Waals surface area (Å²) in [5.74, 6) is 1.43. The molecule has 1 fully saturated rings. The summed E-state index contributed by atoms with van der Waals surface area (Å²) in [5.41, 5.74) is 1.52. The van der Waals surface area contributed by atoms with Crippen molar-refractivity contribution in [3.8, 4) is 11.5 Å². The summed E-state index contributed by atoms with van der Waals surface area (Å²) in [6.45, 7) is 4.63. The molecule has 1 aliphatic rings. The number of amides is 1. The third-order valence-corrected chi connectivity index (χ3v) is 5.24. The lowest BCUT2D eigenvalue weighted by atomic mass is 9.91. The van der Waals surface area contributed by atoms with Crippen LogP contribution in [0, 0.1) is 0 Å². The summed E-state index contributed by atoms with van der Waals surface area (Å²) >= 11 is 0. The van der Waals surface area contributed by atoms with E-state index >= 15 is 0 Å². The number of carbonyl (C=O) groups is 1. The van der Waals surface area contributed by atoms with E-state index in [0.717, 1.165) is 49.3 Å². The molecule has 1 aromatic carbocycles. The highest BCUT2D eigenvalue weighted by atomic mass is 16.5. The van der Waals surface area contributed by atoms with Crippen LogP contribution in [0.2, 0.25) is 0 Å². The molecule has 0 aliphatic heterocycles. The topological polar surface area (TPSA) is 90.3 Å². The lowest BCUT2D eigenvalue weighted by molar-refractivity contribution is 0.0938. The van der Waals surface area contributed by atoms with Gasteiger partial charge in [0.15, 0.2) is 5.69 Å². The Bertz CT molecular complexity index is 790. The Morgan fingerprint density at radius 1 is 1.14 bits per heavy atom. The molecule has 1 heterocycles. The van der Waals surface area contributed by atoms with E-state index in [1.807, 2.05) is 36.7 Å². The molecule has 0 saturated heterocycles. The molecule has 0 atom stereocenters. The monoisotopic (exact) mass is 401 g/mol. The minimum atomic E-state index is -0.171. The van der Waals surface area contributed by atoms with E-state index in [4.69, 9.17) is 9.47 Å². The molecule has 0 radical (unpaired) electrons. The Morgan fingerprint density at radius 3 is 2.38 bits per heavy atom. The van der Waals surface area contributed by atoms with Crippen LogP contribution in [-0.2, 0) is 6.54 Å². The highest BCUT2D eigenvalue weighted by Crippen LogP contribution is 2.28. The molecule has 0 spiro atoms. The van der Waals surface area contributed by atoms with Gasteiger partial charge in [-0.2, -0.15) is 0 Å². The lowest BCUT2D eigenvalue weighted by Gasteiger charge is -2.29. The minimum Gasteiger partial charge on any atom is -0.497 e. The SMILES string of the molecule is COc1cc(CNC2CCC(n3cc(C(=O)NC(C)C)nn3)CC2)cc(OC)c1. The number of methoxy groups -OCH3 is 2. The average molecular weight is 402 g/mol. The summed E-state index contributed by atoms with van der Waals surface area (Å²) < 4.78 is 12.5. The summed E-state index contributed by atoms with van der Waals surface area (Å²) in [6, 6.07) is 6.76.